The van der Waals surface area contributed by atoms with E-state index in [4.69, 9.17) is 29.5 Å². The maximum atomic E-state index is 10.4. The van der Waals surface area contributed by atoms with Gasteiger partial charge in [-0.15, -0.1) is 0 Å². The SMILES string of the molecule is CO.CO.COC1OC(C=O)C(O)C(O)C1C.OCC1CCCCO1. The molecule has 0 saturated carbocycles. The maximum Gasteiger partial charge on any atom is 0.163 e. The summed E-state index contributed by atoms with van der Waals surface area (Å²) in [6, 6.07) is 0. The molecule has 0 bridgehead atoms. The molecule has 2 fully saturated rings. The van der Waals surface area contributed by atoms with Crippen LogP contribution >= 0.6 is 0 Å². The molecular formula is C16H34O9. The van der Waals surface area contributed by atoms with Crippen molar-refractivity contribution in [2.24, 2.45) is 5.92 Å². The minimum absolute atomic E-state index is 0.142. The van der Waals surface area contributed by atoms with Gasteiger partial charge in [0, 0.05) is 33.9 Å². The van der Waals surface area contributed by atoms with E-state index in [0.717, 1.165) is 33.7 Å². The van der Waals surface area contributed by atoms with Gasteiger partial charge in [0.2, 0.25) is 0 Å². The van der Waals surface area contributed by atoms with Crippen molar-refractivity contribution < 1.29 is 44.5 Å². The van der Waals surface area contributed by atoms with E-state index in [9.17, 15) is 15.0 Å². The fourth-order valence-electron chi connectivity index (χ4n) is 2.36. The normalized spacial score (nSPS) is 34.1. The summed E-state index contributed by atoms with van der Waals surface area (Å²) < 4.78 is 15.2. The van der Waals surface area contributed by atoms with E-state index < -0.39 is 24.6 Å². The smallest absolute Gasteiger partial charge is 0.163 e. The third-order valence-corrected chi connectivity index (χ3v) is 3.79. The van der Waals surface area contributed by atoms with E-state index in [1.165, 1.54) is 13.5 Å². The number of ether oxygens (including phenoxy) is 3. The van der Waals surface area contributed by atoms with Crippen LogP contribution in [0.5, 0.6) is 0 Å². The average Bonchev–Trinajstić information content (AvgIpc) is 2.70. The quantitative estimate of drug-likeness (QED) is 0.382. The van der Waals surface area contributed by atoms with Crippen LogP contribution in [0.2, 0.25) is 0 Å². The van der Waals surface area contributed by atoms with Gasteiger partial charge in [0.1, 0.15) is 12.2 Å². The number of aliphatic hydroxyl groups excluding tert-OH is 5. The van der Waals surface area contributed by atoms with Crippen LogP contribution in [0.4, 0.5) is 0 Å². The number of hydrogen-bond donors (Lipinski definition) is 5. The third-order valence-electron chi connectivity index (χ3n) is 3.79. The molecule has 0 amide bonds. The Morgan fingerprint density at radius 1 is 1.12 bits per heavy atom. The van der Waals surface area contributed by atoms with Crippen LogP contribution in [0.3, 0.4) is 0 Å². The van der Waals surface area contributed by atoms with Gasteiger partial charge in [-0.05, 0) is 19.3 Å². The van der Waals surface area contributed by atoms with Crippen LogP contribution in [0.1, 0.15) is 26.2 Å². The van der Waals surface area contributed by atoms with E-state index in [0.29, 0.717) is 6.29 Å². The second-order valence-electron chi connectivity index (χ2n) is 5.35. The van der Waals surface area contributed by atoms with Gasteiger partial charge in [-0.2, -0.15) is 0 Å². The molecule has 0 spiro atoms. The number of carbonyl (C=O) groups excluding carboxylic acids is 1. The Kier molecular flexibility index (Phi) is 17.9. The second-order valence-corrected chi connectivity index (χ2v) is 5.35. The lowest BCUT2D eigenvalue weighted by molar-refractivity contribution is -0.259. The van der Waals surface area contributed by atoms with E-state index in [1.807, 2.05) is 0 Å². The van der Waals surface area contributed by atoms with Gasteiger partial charge in [-0.1, -0.05) is 6.92 Å². The maximum absolute atomic E-state index is 10.4. The number of aldehydes is 1. The van der Waals surface area contributed by atoms with Crippen LogP contribution in [0.25, 0.3) is 0 Å². The van der Waals surface area contributed by atoms with Crippen LogP contribution in [0, 0.1) is 5.92 Å². The summed E-state index contributed by atoms with van der Waals surface area (Å²) in [5, 5.41) is 41.4. The van der Waals surface area contributed by atoms with Crippen LogP contribution in [-0.4, -0.2) is 97.1 Å². The number of hydrogen-bond acceptors (Lipinski definition) is 9. The lowest BCUT2D eigenvalue weighted by Gasteiger charge is -2.38. The van der Waals surface area contributed by atoms with Crippen LogP contribution in [-0.2, 0) is 19.0 Å². The first kappa shape index (κ1) is 26.6. The zero-order chi connectivity index (χ0) is 19.8. The fraction of sp³-hybridized carbons (Fsp3) is 0.938. The van der Waals surface area contributed by atoms with Crippen molar-refractivity contribution in [1.29, 1.82) is 0 Å². The van der Waals surface area contributed by atoms with Crippen molar-refractivity contribution in [3.8, 4) is 0 Å². The number of carbonyl (C=O) groups is 1. The minimum atomic E-state index is -1.17. The average molecular weight is 370 g/mol. The molecule has 25 heavy (non-hydrogen) atoms. The molecule has 0 aromatic heterocycles. The molecule has 2 aliphatic heterocycles. The Morgan fingerprint density at radius 3 is 2.08 bits per heavy atom. The highest BCUT2D eigenvalue weighted by Crippen LogP contribution is 2.25. The van der Waals surface area contributed by atoms with Gasteiger partial charge in [-0.25, -0.2) is 0 Å². The van der Waals surface area contributed by atoms with Gasteiger partial charge in [0.05, 0.1) is 18.8 Å². The van der Waals surface area contributed by atoms with Crippen molar-refractivity contribution in [3.05, 3.63) is 0 Å². The van der Waals surface area contributed by atoms with Gasteiger partial charge in [-0.3, -0.25) is 0 Å². The molecule has 9 nitrogen and oxygen atoms in total. The monoisotopic (exact) mass is 370 g/mol. The molecule has 6 atom stereocenters. The van der Waals surface area contributed by atoms with Gasteiger partial charge >= 0.3 is 0 Å². The zero-order valence-corrected chi connectivity index (χ0v) is 15.4. The Labute approximate surface area is 149 Å². The van der Waals surface area contributed by atoms with Crippen molar-refractivity contribution in [3.63, 3.8) is 0 Å². The van der Waals surface area contributed by atoms with Crippen LogP contribution in [0.15, 0.2) is 0 Å². The molecule has 2 aliphatic rings. The first-order valence-electron chi connectivity index (χ1n) is 8.16. The predicted octanol–water partition coefficient (Wildman–Crippen LogP) is -1.32. The third kappa shape index (κ3) is 9.57. The lowest BCUT2D eigenvalue weighted by Crippen LogP contribution is -2.54. The van der Waals surface area contributed by atoms with E-state index in [-0.39, 0.29) is 18.6 Å². The number of rotatable bonds is 3. The predicted molar refractivity (Wildman–Crippen MR) is 89.9 cm³/mol. The van der Waals surface area contributed by atoms with E-state index in [2.05, 4.69) is 0 Å². The highest BCUT2D eigenvalue weighted by atomic mass is 16.7. The molecule has 2 heterocycles. The minimum Gasteiger partial charge on any atom is -0.400 e. The van der Waals surface area contributed by atoms with Gasteiger partial charge in [0.15, 0.2) is 12.6 Å². The molecule has 9 heteroatoms. The van der Waals surface area contributed by atoms with Gasteiger partial charge < -0.3 is 44.5 Å². The van der Waals surface area contributed by atoms with Crippen molar-refractivity contribution in [2.45, 2.75) is 56.9 Å². The first-order valence-corrected chi connectivity index (χ1v) is 8.16. The molecule has 0 aromatic carbocycles. The Hall–Kier alpha value is -0.650. The largest absolute Gasteiger partial charge is 0.400 e. The summed E-state index contributed by atoms with van der Waals surface area (Å²) >= 11 is 0. The molecule has 2 saturated heterocycles. The fourth-order valence-corrected chi connectivity index (χ4v) is 2.36. The summed E-state index contributed by atoms with van der Waals surface area (Å²) in [5.74, 6) is -0.351. The molecule has 0 aromatic rings. The molecule has 6 unspecified atom stereocenters. The zero-order valence-electron chi connectivity index (χ0n) is 15.4. The Morgan fingerprint density at radius 2 is 1.72 bits per heavy atom. The van der Waals surface area contributed by atoms with Gasteiger partial charge in [0.25, 0.3) is 0 Å². The molecule has 152 valence electrons. The highest BCUT2D eigenvalue weighted by molar-refractivity contribution is 5.57. The molecule has 5 N–H and O–H groups in total. The summed E-state index contributed by atoms with van der Waals surface area (Å²) in [5.41, 5.74) is 0. The molecular weight excluding hydrogens is 336 g/mol. The van der Waals surface area contributed by atoms with E-state index in [1.54, 1.807) is 6.92 Å². The topological polar surface area (TPSA) is 146 Å². The highest BCUT2D eigenvalue weighted by Gasteiger charge is 2.42. The lowest BCUT2D eigenvalue weighted by atomic mass is 9.93. The van der Waals surface area contributed by atoms with Crippen molar-refractivity contribution in [2.75, 3.05) is 34.5 Å². The standard InChI is InChI=1S/C8H14O5.C6H12O2.2CH4O/c1-4-6(10)7(11)5(3-9)13-8(4)12-2;7-5-6-3-1-2-4-8-6;2*1-2/h3-8,10-11H,1-2H3;6-7H,1-5H2;2*2H,1H3. The molecule has 2 rings (SSSR count). The second kappa shape index (κ2) is 16.8. The summed E-state index contributed by atoms with van der Waals surface area (Å²) in [7, 11) is 3.42. The first-order chi connectivity index (χ1) is 12.0. The number of aliphatic hydroxyl groups is 5. The molecule has 0 aliphatic carbocycles. The summed E-state index contributed by atoms with van der Waals surface area (Å²) in [6.07, 6.45) is 0.214. The van der Waals surface area contributed by atoms with Crippen molar-refractivity contribution >= 4 is 6.29 Å². The Bertz CT molecular complexity index is 295. The molecule has 0 radical (unpaired) electrons. The Balaban J connectivity index is 0. The van der Waals surface area contributed by atoms with Crippen LogP contribution < -0.4 is 0 Å². The van der Waals surface area contributed by atoms with Crippen molar-refractivity contribution in [1.82, 2.24) is 0 Å². The number of methoxy groups -OCH3 is 1. The summed E-state index contributed by atoms with van der Waals surface area (Å²) in [4.78, 5) is 10.4. The summed E-state index contributed by atoms with van der Waals surface area (Å²) in [6.45, 7) is 2.72. The van der Waals surface area contributed by atoms with E-state index >= 15 is 0 Å².